The summed E-state index contributed by atoms with van der Waals surface area (Å²) in [4.78, 5) is 21.2. The number of nitrogens with zero attached hydrogens (tertiary/aromatic N) is 5. The molecule has 1 N–H and O–H groups in total. The zero-order valence-corrected chi connectivity index (χ0v) is 20.5. The van der Waals surface area contributed by atoms with Crippen LogP contribution in [0.4, 0.5) is 5.82 Å². The normalized spacial score (nSPS) is 14.6. The Labute approximate surface area is 208 Å². The monoisotopic (exact) mass is 486 g/mol. The Balaban J connectivity index is 1.31. The molecule has 0 saturated carbocycles. The van der Waals surface area contributed by atoms with Crippen molar-refractivity contribution < 1.29 is 18.8 Å². The summed E-state index contributed by atoms with van der Waals surface area (Å²) in [5.41, 5.74) is 1.96. The van der Waals surface area contributed by atoms with Gasteiger partial charge < -0.3 is 19.3 Å². The Bertz CT molecular complexity index is 1480. The van der Waals surface area contributed by atoms with Gasteiger partial charge in [0.15, 0.2) is 11.5 Å². The van der Waals surface area contributed by atoms with E-state index in [4.69, 9.17) is 14.0 Å². The number of ether oxygens (including phenoxy) is 2. The van der Waals surface area contributed by atoms with E-state index in [9.17, 15) is 4.79 Å². The van der Waals surface area contributed by atoms with Crippen LogP contribution < -0.4 is 10.1 Å². The van der Waals surface area contributed by atoms with Crippen LogP contribution in [-0.2, 0) is 10.2 Å². The van der Waals surface area contributed by atoms with Crippen molar-refractivity contribution >= 4 is 17.4 Å². The number of pyridine rings is 1. The van der Waals surface area contributed by atoms with Crippen LogP contribution in [0.1, 0.15) is 55.1 Å². The molecule has 5 rings (SSSR count). The van der Waals surface area contributed by atoms with Gasteiger partial charge in [0.25, 0.3) is 5.91 Å². The minimum absolute atomic E-state index is 0.0150. The van der Waals surface area contributed by atoms with E-state index >= 15 is 0 Å². The quantitative estimate of drug-likeness (QED) is 0.426. The average molecular weight is 487 g/mol. The fourth-order valence-electron chi connectivity index (χ4n) is 3.45. The minimum Gasteiger partial charge on any atom is -0.476 e. The molecule has 1 fully saturated rings. The Hall–Kier alpha value is -4.23. The highest BCUT2D eigenvalue weighted by atomic mass is 16.5. The van der Waals surface area contributed by atoms with Gasteiger partial charge in [0.1, 0.15) is 11.5 Å². The summed E-state index contributed by atoms with van der Waals surface area (Å²) < 4.78 is 18.1. The van der Waals surface area contributed by atoms with Gasteiger partial charge in [0.2, 0.25) is 5.88 Å². The van der Waals surface area contributed by atoms with Gasteiger partial charge in [-0.2, -0.15) is 0 Å². The second-order valence-electron chi connectivity index (χ2n) is 10.2. The molecule has 0 aromatic carbocycles. The predicted molar refractivity (Wildman–Crippen MR) is 131 cm³/mol. The number of aromatic nitrogens is 5. The first-order valence-corrected chi connectivity index (χ1v) is 11.5. The molecule has 1 aliphatic rings. The van der Waals surface area contributed by atoms with Crippen LogP contribution in [0.2, 0.25) is 0 Å². The van der Waals surface area contributed by atoms with Crippen molar-refractivity contribution in [3.05, 3.63) is 65.4 Å². The highest BCUT2D eigenvalue weighted by molar-refractivity contribution is 6.03. The lowest BCUT2D eigenvalue weighted by Gasteiger charge is -2.37. The first-order valence-electron chi connectivity index (χ1n) is 11.5. The lowest BCUT2D eigenvalue weighted by molar-refractivity contribution is -0.120. The number of rotatable bonds is 5. The fraction of sp³-hybridized carbons (Fsp3) is 0.346. The molecule has 0 aliphatic carbocycles. The summed E-state index contributed by atoms with van der Waals surface area (Å²) >= 11 is 0. The second kappa shape index (κ2) is 9.09. The largest absolute Gasteiger partial charge is 0.476 e. The molecule has 10 nitrogen and oxygen atoms in total. The maximum absolute atomic E-state index is 12.7. The molecule has 1 saturated heterocycles. The van der Waals surface area contributed by atoms with Crippen LogP contribution in [-0.4, -0.2) is 50.5 Å². The van der Waals surface area contributed by atoms with Crippen molar-refractivity contribution in [3.63, 3.8) is 0 Å². The number of fused-ring (bicyclic) bond motifs is 1. The minimum atomic E-state index is -0.358. The maximum atomic E-state index is 12.7. The van der Waals surface area contributed by atoms with Crippen LogP contribution in [0.25, 0.3) is 5.65 Å². The number of hydrogen-bond acceptors (Lipinski definition) is 8. The average Bonchev–Trinajstić information content (AvgIpc) is 3.47. The molecule has 1 amide bonds. The van der Waals surface area contributed by atoms with E-state index in [1.807, 2.05) is 26.8 Å². The summed E-state index contributed by atoms with van der Waals surface area (Å²) in [6, 6.07) is 6.99. The maximum Gasteiger partial charge on any atom is 0.258 e. The van der Waals surface area contributed by atoms with E-state index in [2.05, 4.69) is 44.3 Å². The van der Waals surface area contributed by atoms with Gasteiger partial charge in [-0.25, -0.2) is 9.50 Å². The van der Waals surface area contributed by atoms with Gasteiger partial charge in [-0.3, -0.25) is 9.78 Å². The van der Waals surface area contributed by atoms with Crippen molar-refractivity contribution in [1.29, 1.82) is 0 Å². The van der Waals surface area contributed by atoms with Crippen molar-refractivity contribution in [1.82, 2.24) is 24.7 Å². The fourth-order valence-corrected chi connectivity index (χ4v) is 3.45. The van der Waals surface area contributed by atoms with E-state index < -0.39 is 0 Å². The first kappa shape index (κ1) is 23.5. The van der Waals surface area contributed by atoms with Gasteiger partial charge >= 0.3 is 0 Å². The second-order valence-corrected chi connectivity index (χ2v) is 10.2. The summed E-state index contributed by atoms with van der Waals surface area (Å²) in [7, 11) is 0. The predicted octanol–water partition coefficient (Wildman–Crippen LogP) is 3.48. The van der Waals surface area contributed by atoms with E-state index in [0.29, 0.717) is 59.7 Å². The van der Waals surface area contributed by atoms with Crippen LogP contribution in [0.15, 0.2) is 47.4 Å². The van der Waals surface area contributed by atoms with Crippen LogP contribution in [0, 0.1) is 17.3 Å². The zero-order chi connectivity index (χ0) is 25.3. The van der Waals surface area contributed by atoms with Crippen LogP contribution >= 0.6 is 0 Å². The first-order chi connectivity index (χ1) is 17.2. The Kier molecular flexibility index (Phi) is 5.94. The molecule has 4 aromatic rings. The highest BCUT2D eigenvalue weighted by Gasteiger charge is 2.34. The molecule has 0 radical (unpaired) electrons. The number of nitrogens with one attached hydrogen (secondary N) is 1. The van der Waals surface area contributed by atoms with E-state index in [1.165, 1.54) is 6.20 Å². The van der Waals surface area contributed by atoms with E-state index in [1.54, 1.807) is 35.1 Å². The SMILES string of the molecule is CC1(COc2ccc3ncc(C#Cc4cncc(C(=O)Nc5cc(C(C)(C)C)on5)c4)n3n2)COC1. The molecule has 4 aromatic heterocycles. The lowest BCUT2D eigenvalue weighted by Crippen LogP contribution is -2.44. The van der Waals surface area contributed by atoms with Crippen molar-refractivity contribution in [2.45, 2.75) is 33.1 Å². The summed E-state index contributed by atoms with van der Waals surface area (Å²) in [6.07, 6.45) is 4.70. The molecule has 0 spiro atoms. The third kappa shape index (κ3) is 5.06. The number of amides is 1. The molecule has 184 valence electrons. The Morgan fingerprint density at radius 1 is 1.19 bits per heavy atom. The third-order valence-corrected chi connectivity index (χ3v) is 5.63. The van der Waals surface area contributed by atoms with Gasteiger partial charge in [-0.15, -0.1) is 5.10 Å². The highest BCUT2D eigenvalue weighted by Crippen LogP contribution is 2.27. The number of carbonyl (C=O) groups excluding carboxylic acids is 1. The molecular formula is C26H26N6O4. The molecule has 1 aliphatic heterocycles. The number of imidazole rings is 1. The summed E-state index contributed by atoms with van der Waals surface area (Å²) in [5.74, 6) is 7.23. The topological polar surface area (TPSA) is 117 Å². The van der Waals surface area contributed by atoms with Gasteiger partial charge in [-0.05, 0) is 18.1 Å². The molecular weight excluding hydrogens is 460 g/mol. The zero-order valence-electron chi connectivity index (χ0n) is 20.5. The standard InChI is InChI=1S/C26H26N6O4/c1-25(2,3)20-10-21(31-36-20)29-24(33)18-9-17(11-27-12-18)5-6-19-13-28-22-7-8-23(30-32(19)22)35-16-26(4)14-34-15-26/h7-13H,14-16H2,1-4H3,(H,29,31,33). The Morgan fingerprint density at radius 2 is 2.03 bits per heavy atom. The molecule has 0 unspecified atom stereocenters. The third-order valence-electron chi connectivity index (χ3n) is 5.63. The van der Waals surface area contributed by atoms with Crippen LogP contribution in [0.3, 0.4) is 0 Å². The number of carbonyl (C=O) groups is 1. The summed E-state index contributed by atoms with van der Waals surface area (Å²) in [5, 5.41) is 11.2. The van der Waals surface area contributed by atoms with Crippen molar-refractivity contribution in [3.8, 4) is 17.7 Å². The molecule has 36 heavy (non-hydrogen) atoms. The Morgan fingerprint density at radius 3 is 2.75 bits per heavy atom. The van der Waals surface area contributed by atoms with Gasteiger partial charge in [0.05, 0.1) is 31.6 Å². The van der Waals surface area contributed by atoms with E-state index in [0.717, 1.165) is 0 Å². The molecule has 0 atom stereocenters. The van der Waals surface area contributed by atoms with E-state index in [-0.39, 0.29) is 16.7 Å². The van der Waals surface area contributed by atoms with Gasteiger partial charge in [-0.1, -0.05) is 38.8 Å². The van der Waals surface area contributed by atoms with Crippen LogP contribution in [0.5, 0.6) is 5.88 Å². The smallest absolute Gasteiger partial charge is 0.258 e. The number of hydrogen-bond donors (Lipinski definition) is 1. The van der Waals surface area contributed by atoms with Gasteiger partial charge in [0, 0.05) is 40.9 Å². The van der Waals surface area contributed by atoms with Crippen molar-refractivity contribution in [2.24, 2.45) is 5.41 Å². The summed E-state index contributed by atoms with van der Waals surface area (Å²) in [6.45, 7) is 10.0. The van der Waals surface area contributed by atoms with Crippen molar-refractivity contribution in [2.75, 3.05) is 25.1 Å². The molecule has 0 bridgehead atoms. The number of anilines is 1. The molecule has 10 heteroatoms. The molecule has 5 heterocycles. The lowest BCUT2D eigenvalue weighted by atomic mass is 9.90.